The van der Waals surface area contributed by atoms with Crippen LogP contribution >= 0.6 is 24.0 Å². The van der Waals surface area contributed by atoms with Crippen LogP contribution in [0.2, 0.25) is 0 Å². The van der Waals surface area contributed by atoms with Crippen LogP contribution in [0.15, 0.2) is 4.99 Å². The molecule has 0 saturated heterocycles. The molecular weight excluding hydrogens is 431 g/mol. The first-order chi connectivity index (χ1) is 11.6. The summed E-state index contributed by atoms with van der Waals surface area (Å²) in [6.07, 6.45) is 7.82. The Bertz CT molecular complexity index is 433. The molecule has 0 aliphatic heterocycles. The number of hydrogen-bond acceptors (Lipinski definition) is 3. The van der Waals surface area contributed by atoms with Crippen molar-refractivity contribution in [3.05, 3.63) is 0 Å². The average molecular weight is 466 g/mol. The van der Waals surface area contributed by atoms with Crippen molar-refractivity contribution in [1.29, 1.82) is 0 Å². The second kappa shape index (κ2) is 11.2. The van der Waals surface area contributed by atoms with Crippen molar-refractivity contribution >= 4 is 35.8 Å². The Balaban J connectivity index is 0.00000312. The van der Waals surface area contributed by atoms with Gasteiger partial charge in [0.05, 0.1) is 5.41 Å². The Morgan fingerprint density at radius 2 is 1.92 bits per heavy atom. The minimum absolute atomic E-state index is 0. The fourth-order valence-corrected chi connectivity index (χ4v) is 3.38. The van der Waals surface area contributed by atoms with Crippen molar-refractivity contribution in [2.75, 3.05) is 47.4 Å². The molecule has 2 rings (SSSR count). The molecular formula is C18H35IN4O2. The molecule has 2 aliphatic carbocycles. The Labute approximate surface area is 169 Å². The number of guanidine groups is 1. The molecule has 0 spiro atoms. The highest BCUT2D eigenvalue weighted by Gasteiger charge is 2.42. The first-order valence-electron chi connectivity index (χ1n) is 9.31. The molecule has 0 aromatic heterocycles. The summed E-state index contributed by atoms with van der Waals surface area (Å²) < 4.78 is 5.64. The maximum atomic E-state index is 12.6. The third-order valence-corrected chi connectivity index (χ3v) is 5.05. The number of hydrogen-bond donors (Lipinski definition) is 2. The number of ether oxygens (including phenoxy) is 1. The van der Waals surface area contributed by atoms with Crippen LogP contribution in [0.25, 0.3) is 0 Å². The third-order valence-electron chi connectivity index (χ3n) is 5.05. The molecule has 0 heterocycles. The summed E-state index contributed by atoms with van der Waals surface area (Å²) in [6, 6.07) is 0. The van der Waals surface area contributed by atoms with Crippen molar-refractivity contribution in [2.24, 2.45) is 16.3 Å². The van der Waals surface area contributed by atoms with E-state index in [0.717, 1.165) is 63.7 Å². The van der Waals surface area contributed by atoms with Gasteiger partial charge in [0.2, 0.25) is 5.91 Å². The van der Waals surface area contributed by atoms with E-state index < -0.39 is 0 Å². The molecule has 2 saturated carbocycles. The fourth-order valence-electron chi connectivity index (χ4n) is 3.38. The maximum absolute atomic E-state index is 12.6. The van der Waals surface area contributed by atoms with Crippen molar-refractivity contribution < 1.29 is 9.53 Å². The molecule has 2 N–H and O–H groups in total. The number of nitrogens with zero attached hydrogens (tertiary/aromatic N) is 2. The summed E-state index contributed by atoms with van der Waals surface area (Å²) in [5.74, 6) is 1.83. The number of rotatable bonds is 9. The average Bonchev–Trinajstić information content (AvgIpc) is 3.28. The van der Waals surface area contributed by atoms with Crippen molar-refractivity contribution in [1.82, 2.24) is 15.5 Å². The van der Waals surface area contributed by atoms with Crippen LogP contribution in [0.5, 0.6) is 0 Å². The van der Waals surface area contributed by atoms with E-state index in [1.165, 1.54) is 12.8 Å². The zero-order valence-electron chi connectivity index (χ0n) is 16.0. The van der Waals surface area contributed by atoms with Crippen molar-refractivity contribution in [3.8, 4) is 0 Å². The Kier molecular flexibility index (Phi) is 10.1. The molecule has 6 nitrogen and oxygen atoms in total. The first kappa shape index (κ1) is 22.5. The van der Waals surface area contributed by atoms with E-state index in [2.05, 4.69) is 15.6 Å². The number of nitrogens with one attached hydrogen (secondary N) is 2. The van der Waals surface area contributed by atoms with E-state index in [0.29, 0.717) is 6.54 Å². The molecule has 2 aliphatic rings. The van der Waals surface area contributed by atoms with E-state index in [4.69, 9.17) is 4.74 Å². The van der Waals surface area contributed by atoms with Crippen LogP contribution in [0.3, 0.4) is 0 Å². The van der Waals surface area contributed by atoms with Gasteiger partial charge in [-0.15, -0.1) is 24.0 Å². The van der Waals surface area contributed by atoms with Gasteiger partial charge in [-0.1, -0.05) is 12.8 Å². The molecule has 0 unspecified atom stereocenters. The summed E-state index contributed by atoms with van der Waals surface area (Å²) in [6.45, 7) is 3.20. The van der Waals surface area contributed by atoms with Crippen LogP contribution < -0.4 is 10.6 Å². The quantitative estimate of drug-likeness (QED) is 0.237. The van der Waals surface area contributed by atoms with Crippen molar-refractivity contribution in [2.45, 2.75) is 44.9 Å². The van der Waals surface area contributed by atoms with Gasteiger partial charge in [0.1, 0.15) is 0 Å². The van der Waals surface area contributed by atoms with Crippen LogP contribution in [-0.4, -0.2) is 64.2 Å². The lowest BCUT2D eigenvalue weighted by Gasteiger charge is -2.31. The lowest BCUT2D eigenvalue weighted by atomic mass is 9.84. The molecule has 0 aromatic rings. The Hall–Kier alpha value is -0.570. The highest BCUT2D eigenvalue weighted by atomic mass is 127. The molecule has 0 atom stereocenters. The summed E-state index contributed by atoms with van der Waals surface area (Å²) in [5, 5.41) is 6.67. The first-order valence-corrected chi connectivity index (χ1v) is 9.31. The molecule has 146 valence electrons. The number of carbonyl (C=O) groups excluding carboxylic acids is 1. The topological polar surface area (TPSA) is 66.0 Å². The van der Waals surface area contributed by atoms with E-state index in [1.54, 1.807) is 11.9 Å². The van der Waals surface area contributed by atoms with Crippen LogP contribution in [-0.2, 0) is 9.53 Å². The van der Waals surface area contributed by atoms with E-state index in [1.807, 2.05) is 14.1 Å². The van der Waals surface area contributed by atoms with Gasteiger partial charge in [-0.3, -0.25) is 9.79 Å². The normalized spacial score (nSPS) is 19.2. The zero-order valence-corrected chi connectivity index (χ0v) is 18.3. The monoisotopic (exact) mass is 466 g/mol. The molecule has 7 heteroatoms. The largest absolute Gasteiger partial charge is 0.381 e. The highest BCUT2D eigenvalue weighted by molar-refractivity contribution is 14.0. The van der Waals surface area contributed by atoms with Gasteiger partial charge in [-0.2, -0.15) is 0 Å². The smallest absolute Gasteiger partial charge is 0.230 e. The molecule has 0 bridgehead atoms. The second-order valence-electron chi connectivity index (χ2n) is 7.41. The van der Waals surface area contributed by atoms with Gasteiger partial charge >= 0.3 is 0 Å². The molecule has 2 fully saturated rings. The Morgan fingerprint density at radius 1 is 1.24 bits per heavy atom. The van der Waals surface area contributed by atoms with E-state index in [9.17, 15) is 4.79 Å². The number of aliphatic imine (C=N–C) groups is 1. The minimum atomic E-state index is -0.269. The summed E-state index contributed by atoms with van der Waals surface area (Å²) in [5.41, 5.74) is -0.269. The number of amides is 1. The SMILES string of the molecule is CN=C(NCCCOCC1CC1)NCC1(C(=O)N(C)C)CCCC1.I. The lowest BCUT2D eigenvalue weighted by Crippen LogP contribution is -2.49. The number of carbonyl (C=O) groups is 1. The van der Waals surface area contributed by atoms with Crippen LogP contribution in [0.1, 0.15) is 44.9 Å². The predicted molar refractivity (Wildman–Crippen MR) is 113 cm³/mol. The summed E-state index contributed by atoms with van der Waals surface area (Å²) in [7, 11) is 5.46. The minimum Gasteiger partial charge on any atom is -0.381 e. The molecule has 25 heavy (non-hydrogen) atoms. The maximum Gasteiger partial charge on any atom is 0.230 e. The highest BCUT2D eigenvalue weighted by Crippen LogP contribution is 2.38. The van der Waals surface area contributed by atoms with E-state index in [-0.39, 0.29) is 35.3 Å². The van der Waals surface area contributed by atoms with Crippen LogP contribution in [0, 0.1) is 11.3 Å². The van der Waals surface area contributed by atoms with Crippen molar-refractivity contribution in [3.63, 3.8) is 0 Å². The van der Waals surface area contributed by atoms with Gasteiger partial charge < -0.3 is 20.3 Å². The van der Waals surface area contributed by atoms with Gasteiger partial charge in [-0.25, -0.2) is 0 Å². The number of halogens is 1. The van der Waals surface area contributed by atoms with Gasteiger partial charge in [0.25, 0.3) is 0 Å². The van der Waals surface area contributed by atoms with Crippen LogP contribution in [0.4, 0.5) is 0 Å². The standard InChI is InChI=1S/C18H34N4O2.HI/c1-19-17(20-11-6-12-24-13-15-7-8-15)21-14-18(9-4-5-10-18)16(23)22(2)3;/h15H,4-14H2,1-3H3,(H2,19,20,21);1H. The van der Waals surface area contributed by atoms with E-state index >= 15 is 0 Å². The Morgan fingerprint density at radius 3 is 2.48 bits per heavy atom. The fraction of sp³-hybridized carbons (Fsp3) is 0.889. The van der Waals surface area contributed by atoms with Gasteiger partial charge in [0.15, 0.2) is 5.96 Å². The predicted octanol–water partition coefficient (Wildman–Crippen LogP) is 2.23. The third kappa shape index (κ3) is 7.29. The zero-order chi connectivity index (χ0) is 17.4. The molecule has 1 amide bonds. The summed E-state index contributed by atoms with van der Waals surface area (Å²) >= 11 is 0. The molecule has 0 aromatic carbocycles. The van der Waals surface area contributed by atoms with Gasteiger partial charge in [-0.05, 0) is 38.0 Å². The second-order valence-corrected chi connectivity index (χ2v) is 7.41. The molecule has 0 radical (unpaired) electrons. The lowest BCUT2D eigenvalue weighted by molar-refractivity contribution is -0.138. The summed E-state index contributed by atoms with van der Waals surface area (Å²) in [4.78, 5) is 18.6. The van der Waals surface area contributed by atoms with Gasteiger partial charge in [0, 0.05) is 47.4 Å².